The van der Waals surface area contributed by atoms with Gasteiger partial charge in [-0.25, -0.2) is 9.48 Å². The van der Waals surface area contributed by atoms with E-state index >= 15 is 0 Å². The van der Waals surface area contributed by atoms with Gasteiger partial charge in [0.25, 0.3) is 0 Å². The number of likely N-dealkylation sites (tertiary alicyclic amines) is 1. The molecule has 0 N–H and O–H groups in total. The standard InChI is InChI=1S/C17H28N6O3/c1-3-5-14(2)23-12-17(26-16(23)25)7-10-21(11-8-17)15(24)6-4-9-22-13-18-19-20-22/h13-14H,3-12H2,1-2H3/t14-/m0/s1. The average Bonchev–Trinajstić information content (AvgIpc) is 3.24. The number of hydrogen-bond donors (Lipinski definition) is 0. The van der Waals surface area contributed by atoms with Gasteiger partial charge in [-0.15, -0.1) is 5.10 Å². The second kappa shape index (κ2) is 8.01. The first kappa shape index (κ1) is 18.6. The number of carbonyl (C=O) groups is 2. The molecule has 1 spiro atoms. The van der Waals surface area contributed by atoms with E-state index in [1.54, 1.807) is 11.0 Å². The number of tetrazole rings is 1. The lowest BCUT2D eigenvalue weighted by atomic mass is 9.90. The Morgan fingerprint density at radius 2 is 2.15 bits per heavy atom. The van der Waals surface area contributed by atoms with Crippen LogP contribution < -0.4 is 0 Å². The van der Waals surface area contributed by atoms with Crippen molar-refractivity contribution in [2.45, 2.75) is 70.6 Å². The van der Waals surface area contributed by atoms with Crippen LogP contribution in [0.4, 0.5) is 4.79 Å². The van der Waals surface area contributed by atoms with Crippen LogP contribution in [-0.2, 0) is 16.1 Å². The van der Waals surface area contributed by atoms with Crippen LogP contribution in [0.2, 0.25) is 0 Å². The number of rotatable bonds is 7. The van der Waals surface area contributed by atoms with Gasteiger partial charge in [-0.1, -0.05) is 13.3 Å². The number of aromatic nitrogens is 4. The summed E-state index contributed by atoms with van der Waals surface area (Å²) in [4.78, 5) is 28.4. The molecule has 1 aromatic heterocycles. The topological polar surface area (TPSA) is 93.5 Å². The molecule has 144 valence electrons. The Morgan fingerprint density at radius 3 is 2.81 bits per heavy atom. The Balaban J connectivity index is 1.45. The van der Waals surface area contributed by atoms with E-state index in [0.717, 1.165) is 12.8 Å². The van der Waals surface area contributed by atoms with E-state index in [-0.39, 0.29) is 18.0 Å². The Labute approximate surface area is 153 Å². The number of piperidine rings is 1. The van der Waals surface area contributed by atoms with Crippen molar-refractivity contribution in [2.24, 2.45) is 0 Å². The molecule has 1 aromatic rings. The molecule has 9 heteroatoms. The molecular weight excluding hydrogens is 336 g/mol. The molecule has 0 saturated carbocycles. The highest BCUT2D eigenvalue weighted by Gasteiger charge is 2.48. The van der Waals surface area contributed by atoms with Gasteiger partial charge in [-0.3, -0.25) is 4.79 Å². The van der Waals surface area contributed by atoms with Gasteiger partial charge < -0.3 is 14.5 Å². The summed E-state index contributed by atoms with van der Waals surface area (Å²) in [5.41, 5.74) is -0.414. The van der Waals surface area contributed by atoms with Crippen molar-refractivity contribution in [3.05, 3.63) is 6.33 Å². The van der Waals surface area contributed by atoms with Gasteiger partial charge in [0.2, 0.25) is 5.91 Å². The first-order valence-corrected chi connectivity index (χ1v) is 9.51. The zero-order chi connectivity index (χ0) is 18.6. The molecule has 26 heavy (non-hydrogen) atoms. The predicted octanol–water partition coefficient (Wildman–Crippen LogP) is 1.46. The molecule has 3 rings (SSSR count). The van der Waals surface area contributed by atoms with Crippen LogP contribution in [0.5, 0.6) is 0 Å². The van der Waals surface area contributed by atoms with Crippen LogP contribution in [0.25, 0.3) is 0 Å². The maximum atomic E-state index is 12.4. The van der Waals surface area contributed by atoms with Crippen LogP contribution in [0, 0.1) is 0 Å². The van der Waals surface area contributed by atoms with E-state index < -0.39 is 5.60 Å². The minimum atomic E-state index is -0.414. The van der Waals surface area contributed by atoms with Crippen molar-refractivity contribution in [2.75, 3.05) is 19.6 Å². The summed E-state index contributed by atoms with van der Waals surface area (Å²) in [7, 11) is 0. The second-order valence-electron chi connectivity index (χ2n) is 7.37. The van der Waals surface area contributed by atoms with Crippen molar-refractivity contribution in [3.63, 3.8) is 0 Å². The Morgan fingerprint density at radius 1 is 1.38 bits per heavy atom. The lowest BCUT2D eigenvalue weighted by molar-refractivity contribution is -0.134. The van der Waals surface area contributed by atoms with Gasteiger partial charge in [0.1, 0.15) is 11.9 Å². The number of carbonyl (C=O) groups excluding carboxylic acids is 2. The number of hydrogen-bond acceptors (Lipinski definition) is 6. The van der Waals surface area contributed by atoms with Crippen LogP contribution in [-0.4, -0.2) is 73.3 Å². The Hall–Kier alpha value is -2.19. The molecule has 2 saturated heterocycles. The van der Waals surface area contributed by atoms with Crippen molar-refractivity contribution in [1.29, 1.82) is 0 Å². The molecule has 2 amide bonds. The van der Waals surface area contributed by atoms with E-state index in [1.165, 1.54) is 0 Å². The lowest BCUT2D eigenvalue weighted by Gasteiger charge is -2.37. The predicted molar refractivity (Wildman–Crippen MR) is 93.2 cm³/mol. The summed E-state index contributed by atoms with van der Waals surface area (Å²) >= 11 is 0. The minimum Gasteiger partial charge on any atom is -0.441 e. The zero-order valence-electron chi connectivity index (χ0n) is 15.6. The molecule has 0 radical (unpaired) electrons. The molecule has 1 atom stereocenters. The number of aryl methyl sites for hydroxylation is 1. The molecular formula is C17H28N6O3. The van der Waals surface area contributed by atoms with E-state index in [0.29, 0.717) is 51.9 Å². The fraction of sp³-hybridized carbons (Fsp3) is 0.824. The average molecular weight is 364 g/mol. The van der Waals surface area contributed by atoms with Crippen LogP contribution >= 0.6 is 0 Å². The molecule has 0 aliphatic carbocycles. The first-order chi connectivity index (χ1) is 12.5. The van der Waals surface area contributed by atoms with Crippen LogP contribution in [0.3, 0.4) is 0 Å². The van der Waals surface area contributed by atoms with E-state index in [2.05, 4.69) is 29.4 Å². The summed E-state index contributed by atoms with van der Waals surface area (Å²) < 4.78 is 7.38. The number of amides is 2. The SMILES string of the molecule is CCC[C@H](C)N1CC2(CCN(C(=O)CCCn3cnnn3)CC2)OC1=O. The molecule has 9 nitrogen and oxygen atoms in total. The van der Waals surface area contributed by atoms with Gasteiger partial charge in [0, 0.05) is 44.9 Å². The third-order valence-electron chi connectivity index (χ3n) is 5.43. The van der Waals surface area contributed by atoms with Gasteiger partial charge in [0.15, 0.2) is 0 Å². The van der Waals surface area contributed by atoms with Crippen LogP contribution in [0.15, 0.2) is 6.33 Å². The van der Waals surface area contributed by atoms with Gasteiger partial charge in [0.05, 0.1) is 6.54 Å². The van der Waals surface area contributed by atoms with E-state index in [1.807, 2.05) is 9.80 Å². The molecule has 2 fully saturated rings. The minimum absolute atomic E-state index is 0.147. The highest BCUT2D eigenvalue weighted by atomic mass is 16.6. The van der Waals surface area contributed by atoms with E-state index in [4.69, 9.17) is 4.74 Å². The zero-order valence-corrected chi connectivity index (χ0v) is 15.6. The van der Waals surface area contributed by atoms with Gasteiger partial charge >= 0.3 is 6.09 Å². The molecule has 0 unspecified atom stereocenters. The molecule has 2 aliphatic heterocycles. The highest BCUT2D eigenvalue weighted by molar-refractivity contribution is 5.76. The monoisotopic (exact) mass is 364 g/mol. The highest BCUT2D eigenvalue weighted by Crippen LogP contribution is 2.34. The fourth-order valence-corrected chi connectivity index (χ4v) is 3.82. The maximum absolute atomic E-state index is 12.4. The third kappa shape index (κ3) is 4.13. The molecule has 3 heterocycles. The third-order valence-corrected chi connectivity index (χ3v) is 5.43. The largest absolute Gasteiger partial charge is 0.441 e. The molecule has 0 bridgehead atoms. The Bertz CT molecular complexity index is 612. The molecule has 2 aliphatic rings. The normalized spacial score (nSPS) is 20.5. The van der Waals surface area contributed by atoms with Crippen molar-refractivity contribution in [1.82, 2.24) is 30.0 Å². The lowest BCUT2D eigenvalue weighted by Crippen LogP contribution is -2.49. The summed E-state index contributed by atoms with van der Waals surface area (Å²) in [6.45, 7) is 6.77. The summed E-state index contributed by atoms with van der Waals surface area (Å²) in [5.74, 6) is 0.147. The quantitative estimate of drug-likeness (QED) is 0.727. The van der Waals surface area contributed by atoms with E-state index in [9.17, 15) is 9.59 Å². The van der Waals surface area contributed by atoms with Crippen molar-refractivity contribution < 1.29 is 14.3 Å². The molecule has 0 aromatic carbocycles. The first-order valence-electron chi connectivity index (χ1n) is 9.51. The van der Waals surface area contributed by atoms with Crippen LogP contribution in [0.1, 0.15) is 52.4 Å². The maximum Gasteiger partial charge on any atom is 0.410 e. The second-order valence-corrected chi connectivity index (χ2v) is 7.37. The summed E-state index contributed by atoms with van der Waals surface area (Å²) in [5, 5.41) is 10.9. The van der Waals surface area contributed by atoms with Crippen molar-refractivity contribution in [3.8, 4) is 0 Å². The number of nitrogens with zero attached hydrogens (tertiary/aromatic N) is 6. The van der Waals surface area contributed by atoms with Gasteiger partial charge in [-0.2, -0.15) is 0 Å². The number of ether oxygens (including phenoxy) is 1. The Kier molecular flexibility index (Phi) is 5.73. The smallest absolute Gasteiger partial charge is 0.410 e. The fourth-order valence-electron chi connectivity index (χ4n) is 3.82. The van der Waals surface area contributed by atoms with Crippen molar-refractivity contribution >= 4 is 12.0 Å². The summed E-state index contributed by atoms with van der Waals surface area (Å²) in [6, 6.07) is 0.206. The summed E-state index contributed by atoms with van der Waals surface area (Å²) in [6.07, 6.45) is 6.00. The van der Waals surface area contributed by atoms with Gasteiger partial charge in [-0.05, 0) is 30.2 Å².